The standard InChI is InChI=1S/C13H16BrClN2/c14-11-7-10(1-2-12(11)15)16-13-8-17-5-3-9(13)4-6-17/h1-2,7,9,13,16H,3-6,8H2. The quantitative estimate of drug-likeness (QED) is 0.897. The van der Waals surface area contributed by atoms with Crippen molar-refractivity contribution >= 4 is 33.2 Å². The van der Waals surface area contributed by atoms with Gasteiger partial charge >= 0.3 is 0 Å². The Balaban J connectivity index is 1.72. The third-order valence-corrected chi connectivity index (χ3v) is 5.14. The zero-order valence-electron chi connectivity index (χ0n) is 9.63. The molecule has 0 aromatic heterocycles. The van der Waals surface area contributed by atoms with Gasteiger partial charge in [-0.05, 0) is 66.0 Å². The molecule has 4 rings (SSSR count). The first kappa shape index (κ1) is 11.8. The lowest BCUT2D eigenvalue weighted by Crippen LogP contribution is -2.53. The second kappa shape index (κ2) is 4.79. The first-order valence-electron chi connectivity index (χ1n) is 6.16. The molecular weight excluding hydrogens is 300 g/mol. The molecule has 3 aliphatic heterocycles. The van der Waals surface area contributed by atoms with Gasteiger partial charge in [0.05, 0.1) is 5.02 Å². The molecular formula is C13H16BrClN2. The van der Waals surface area contributed by atoms with Crippen LogP contribution in [0, 0.1) is 5.92 Å². The van der Waals surface area contributed by atoms with Crippen LogP contribution in [0.15, 0.2) is 22.7 Å². The maximum Gasteiger partial charge on any atom is 0.0549 e. The second-order valence-corrected chi connectivity index (χ2v) is 6.28. The molecule has 1 aromatic rings. The lowest BCUT2D eigenvalue weighted by molar-refractivity contribution is 0.0975. The number of piperidine rings is 3. The molecule has 2 nitrogen and oxygen atoms in total. The first-order valence-corrected chi connectivity index (χ1v) is 7.33. The van der Waals surface area contributed by atoms with E-state index >= 15 is 0 Å². The van der Waals surface area contributed by atoms with E-state index in [-0.39, 0.29) is 0 Å². The van der Waals surface area contributed by atoms with Crippen LogP contribution in [0.4, 0.5) is 5.69 Å². The fraction of sp³-hybridized carbons (Fsp3) is 0.538. The normalized spacial score (nSPS) is 31.5. The number of hydrogen-bond acceptors (Lipinski definition) is 2. The van der Waals surface area contributed by atoms with Crippen molar-refractivity contribution in [1.82, 2.24) is 4.90 Å². The molecule has 0 saturated carbocycles. The highest BCUT2D eigenvalue weighted by Gasteiger charge is 2.33. The molecule has 3 aliphatic rings. The summed E-state index contributed by atoms with van der Waals surface area (Å²) in [6.45, 7) is 3.76. The van der Waals surface area contributed by atoms with Gasteiger partial charge in [0.1, 0.15) is 0 Å². The monoisotopic (exact) mass is 314 g/mol. The molecule has 1 N–H and O–H groups in total. The summed E-state index contributed by atoms with van der Waals surface area (Å²) in [5.74, 6) is 0.842. The largest absolute Gasteiger partial charge is 0.381 e. The van der Waals surface area contributed by atoms with E-state index in [2.05, 4.69) is 38.3 Å². The Bertz CT molecular complexity index is 416. The van der Waals surface area contributed by atoms with Crippen molar-refractivity contribution in [1.29, 1.82) is 0 Å². The van der Waals surface area contributed by atoms with Crippen molar-refractivity contribution in [2.45, 2.75) is 18.9 Å². The summed E-state index contributed by atoms with van der Waals surface area (Å²) in [7, 11) is 0. The van der Waals surface area contributed by atoms with Gasteiger partial charge in [-0.2, -0.15) is 0 Å². The van der Waals surface area contributed by atoms with E-state index in [1.165, 1.54) is 38.2 Å². The average Bonchev–Trinajstić information content (AvgIpc) is 2.35. The van der Waals surface area contributed by atoms with E-state index in [4.69, 9.17) is 11.6 Å². The molecule has 0 aliphatic carbocycles. The minimum Gasteiger partial charge on any atom is -0.381 e. The highest BCUT2D eigenvalue weighted by atomic mass is 79.9. The van der Waals surface area contributed by atoms with Crippen molar-refractivity contribution in [3.8, 4) is 0 Å². The fourth-order valence-electron chi connectivity index (χ4n) is 2.93. The SMILES string of the molecule is Clc1ccc(NC2CN3CCC2CC3)cc1Br. The van der Waals surface area contributed by atoms with Crippen LogP contribution >= 0.6 is 27.5 Å². The van der Waals surface area contributed by atoms with Crippen LogP contribution in [0.1, 0.15) is 12.8 Å². The molecule has 92 valence electrons. The third kappa shape index (κ3) is 2.47. The van der Waals surface area contributed by atoms with Gasteiger partial charge in [0.2, 0.25) is 0 Å². The summed E-state index contributed by atoms with van der Waals surface area (Å²) >= 11 is 9.47. The number of rotatable bonds is 2. The van der Waals surface area contributed by atoms with Crippen LogP contribution in [0.5, 0.6) is 0 Å². The predicted octanol–water partition coefficient (Wildman–Crippen LogP) is 3.61. The summed E-state index contributed by atoms with van der Waals surface area (Å²) in [5.41, 5.74) is 1.17. The number of nitrogens with zero attached hydrogens (tertiary/aromatic N) is 1. The summed E-state index contributed by atoms with van der Waals surface area (Å²) in [6, 6.07) is 6.67. The number of hydrogen-bond donors (Lipinski definition) is 1. The van der Waals surface area contributed by atoms with Gasteiger partial charge in [-0.3, -0.25) is 0 Å². The predicted molar refractivity (Wildman–Crippen MR) is 75.7 cm³/mol. The Morgan fingerprint density at radius 3 is 2.65 bits per heavy atom. The topological polar surface area (TPSA) is 15.3 Å². The van der Waals surface area contributed by atoms with E-state index in [1.54, 1.807) is 0 Å². The van der Waals surface area contributed by atoms with Crippen LogP contribution in [0.25, 0.3) is 0 Å². The molecule has 2 bridgehead atoms. The van der Waals surface area contributed by atoms with E-state index in [9.17, 15) is 0 Å². The average molecular weight is 316 g/mol. The van der Waals surface area contributed by atoms with E-state index < -0.39 is 0 Å². The number of benzene rings is 1. The maximum absolute atomic E-state index is 6.00. The minimum atomic E-state index is 0.602. The molecule has 3 heterocycles. The van der Waals surface area contributed by atoms with E-state index in [1.807, 2.05) is 6.07 Å². The van der Waals surface area contributed by atoms with E-state index in [0.717, 1.165) is 15.4 Å². The molecule has 1 unspecified atom stereocenters. The van der Waals surface area contributed by atoms with Gasteiger partial charge in [0.25, 0.3) is 0 Å². The van der Waals surface area contributed by atoms with Crippen molar-refractivity contribution in [2.24, 2.45) is 5.92 Å². The molecule has 0 radical (unpaired) electrons. The Morgan fingerprint density at radius 2 is 2.06 bits per heavy atom. The van der Waals surface area contributed by atoms with Gasteiger partial charge in [-0.25, -0.2) is 0 Å². The highest BCUT2D eigenvalue weighted by Crippen LogP contribution is 2.31. The van der Waals surface area contributed by atoms with Gasteiger partial charge in [-0.1, -0.05) is 11.6 Å². The highest BCUT2D eigenvalue weighted by molar-refractivity contribution is 9.10. The number of nitrogens with one attached hydrogen (secondary N) is 1. The van der Waals surface area contributed by atoms with Crippen molar-refractivity contribution in [3.05, 3.63) is 27.7 Å². The lowest BCUT2D eigenvalue weighted by atomic mass is 9.84. The Morgan fingerprint density at radius 1 is 1.29 bits per heavy atom. The summed E-state index contributed by atoms with van der Waals surface area (Å²) in [5, 5.41) is 4.42. The van der Waals surface area contributed by atoms with Crippen molar-refractivity contribution in [3.63, 3.8) is 0 Å². The summed E-state index contributed by atoms with van der Waals surface area (Å²) < 4.78 is 0.963. The van der Waals surface area contributed by atoms with Crippen LogP contribution < -0.4 is 5.32 Å². The maximum atomic E-state index is 6.00. The number of halogens is 2. The lowest BCUT2D eigenvalue weighted by Gasteiger charge is -2.45. The number of anilines is 1. The van der Waals surface area contributed by atoms with Gasteiger partial charge in [-0.15, -0.1) is 0 Å². The molecule has 4 heteroatoms. The van der Waals surface area contributed by atoms with E-state index in [0.29, 0.717) is 6.04 Å². The fourth-order valence-corrected chi connectivity index (χ4v) is 3.42. The van der Waals surface area contributed by atoms with Crippen molar-refractivity contribution < 1.29 is 0 Å². The Hall–Kier alpha value is -0.250. The zero-order chi connectivity index (χ0) is 11.8. The molecule has 0 spiro atoms. The van der Waals surface area contributed by atoms with Crippen LogP contribution in [0.2, 0.25) is 5.02 Å². The molecule has 17 heavy (non-hydrogen) atoms. The van der Waals surface area contributed by atoms with Gasteiger partial charge in [0.15, 0.2) is 0 Å². The molecule has 1 aromatic carbocycles. The van der Waals surface area contributed by atoms with Gasteiger partial charge < -0.3 is 10.2 Å². The first-order chi connectivity index (χ1) is 8.22. The smallest absolute Gasteiger partial charge is 0.0549 e. The molecule has 0 amide bonds. The second-order valence-electron chi connectivity index (χ2n) is 5.02. The van der Waals surface area contributed by atoms with Crippen molar-refractivity contribution in [2.75, 3.05) is 25.0 Å². The Labute approximate surface area is 115 Å². The molecule has 1 atom stereocenters. The van der Waals surface area contributed by atoms with Crippen LogP contribution in [0.3, 0.4) is 0 Å². The molecule has 3 fully saturated rings. The molecule has 3 saturated heterocycles. The Kier molecular flexibility index (Phi) is 3.33. The number of fused-ring (bicyclic) bond motifs is 3. The zero-order valence-corrected chi connectivity index (χ0v) is 12.0. The minimum absolute atomic E-state index is 0.602. The third-order valence-electron chi connectivity index (χ3n) is 3.93. The van der Waals surface area contributed by atoms with Gasteiger partial charge in [0, 0.05) is 22.7 Å². The van der Waals surface area contributed by atoms with Crippen LogP contribution in [-0.2, 0) is 0 Å². The van der Waals surface area contributed by atoms with Crippen LogP contribution in [-0.4, -0.2) is 30.6 Å². The summed E-state index contributed by atoms with van der Waals surface area (Å²) in [4.78, 5) is 2.56. The summed E-state index contributed by atoms with van der Waals surface area (Å²) in [6.07, 6.45) is 2.68.